The molecule has 0 aliphatic rings. The standard InChI is InChI=1S/C21H16Cl2N2O2/c1-2-27-21(26)15(11-24)10-16-13-25(20-6-4-3-5-17(16)20)12-14-7-8-18(22)19(23)9-14/h3-10,13H,2,12H2,1H3. The molecule has 1 heterocycles. The van der Waals surface area contributed by atoms with Gasteiger partial charge in [0.05, 0.1) is 16.7 Å². The first-order valence-corrected chi connectivity index (χ1v) is 9.09. The summed E-state index contributed by atoms with van der Waals surface area (Å²) < 4.78 is 6.98. The van der Waals surface area contributed by atoms with Gasteiger partial charge in [-0.15, -0.1) is 0 Å². The van der Waals surface area contributed by atoms with Crippen molar-refractivity contribution in [1.82, 2.24) is 4.57 Å². The molecule has 0 spiro atoms. The highest BCUT2D eigenvalue weighted by Gasteiger charge is 2.13. The highest BCUT2D eigenvalue weighted by atomic mass is 35.5. The van der Waals surface area contributed by atoms with Gasteiger partial charge in [-0.25, -0.2) is 4.79 Å². The van der Waals surface area contributed by atoms with Gasteiger partial charge in [-0.05, 0) is 36.8 Å². The third-order valence-electron chi connectivity index (χ3n) is 4.07. The molecular weight excluding hydrogens is 383 g/mol. The molecule has 0 fully saturated rings. The van der Waals surface area contributed by atoms with Gasteiger partial charge in [0.1, 0.15) is 11.6 Å². The zero-order chi connectivity index (χ0) is 19.4. The Kier molecular flexibility index (Phi) is 5.85. The van der Waals surface area contributed by atoms with Gasteiger partial charge in [-0.2, -0.15) is 5.26 Å². The first-order chi connectivity index (χ1) is 13.0. The zero-order valence-electron chi connectivity index (χ0n) is 14.6. The number of benzene rings is 2. The van der Waals surface area contributed by atoms with Gasteiger partial charge < -0.3 is 9.30 Å². The number of fused-ring (bicyclic) bond motifs is 1. The summed E-state index contributed by atoms with van der Waals surface area (Å²) in [7, 11) is 0. The van der Waals surface area contributed by atoms with Gasteiger partial charge in [0.15, 0.2) is 0 Å². The van der Waals surface area contributed by atoms with E-state index in [2.05, 4.69) is 0 Å². The molecular formula is C21H16Cl2N2O2. The quantitative estimate of drug-likeness (QED) is 0.325. The van der Waals surface area contributed by atoms with Gasteiger partial charge in [-0.3, -0.25) is 0 Å². The largest absolute Gasteiger partial charge is 0.462 e. The second-order valence-electron chi connectivity index (χ2n) is 5.87. The van der Waals surface area contributed by atoms with Gasteiger partial charge >= 0.3 is 5.97 Å². The number of esters is 1. The minimum Gasteiger partial charge on any atom is -0.462 e. The molecule has 0 radical (unpaired) electrons. The van der Waals surface area contributed by atoms with Gasteiger partial charge in [0.2, 0.25) is 0 Å². The summed E-state index contributed by atoms with van der Waals surface area (Å²) in [6.07, 6.45) is 3.47. The third kappa shape index (κ3) is 4.16. The number of rotatable bonds is 5. The monoisotopic (exact) mass is 398 g/mol. The topological polar surface area (TPSA) is 55.0 Å². The van der Waals surface area contributed by atoms with E-state index in [1.165, 1.54) is 0 Å². The zero-order valence-corrected chi connectivity index (χ0v) is 16.1. The maximum atomic E-state index is 11.9. The van der Waals surface area contributed by atoms with Gasteiger partial charge in [0.25, 0.3) is 0 Å². The molecule has 0 unspecified atom stereocenters. The minimum atomic E-state index is -0.624. The predicted molar refractivity (Wildman–Crippen MR) is 108 cm³/mol. The Morgan fingerprint density at radius 1 is 1.22 bits per heavy atom. The van der Waals surface area contributed by atoms with E-state index >= 15 is 0 Å². The molecule has 0 aliphatic heterocycles. The molecule has 27 heavy (non-hydrogen) atoms. The van der Waals surface area contributed by atoms with E-state index in [-0.39, 0.29) is 12.2 Å². The van der Waals surface area contributed by atoms with Crippen molar-refractivity contribution in [3.05, 3.63) is 75.4 Å². The van der Waals surface area contributed by atoms with E-state index < -0.39 is 5.97 Å². The summed E-state index contributed by atoms with van der Waals surface area (Å²) in [6.45, 7) is 2.50. The second-order valence-corrected chi connectivity index (χ2v) is 6.68. The van der Waals surface area contributed by atoms with Crippen LogP contribution in [0.15, 0.2) is 54.2 Å². The van der Waals surface area contributed by atoms with Crippen LogP contribution in [0, 0.1) is 11.3 Å². The molecule has 1 aromatic heterocycles. The van der Waals surface area contributed by atoms with Crippen LogP contribution >= 0.6 is 23.2 Å². The first kappa shape index (κ1) is 19.0. The summed E-state index contributed by atoms with van der Waals surface area (Å²) in [5.74, 6) is -0.624. The highest BCUT2D eigenvalue weighted by molar-refractivity contribution is 6.42. The molecule has 0 saturated heterocycles. The molecule has 3 aromatic rings. The number of nitriles is 1. The Morgan fingerprint density at radius 2 is 2.00 bits per heavy atom. The lowest BCUT2D eigenvalue weighted by Gasteiger charge is -2.06. The van der Waals surface area contributed by atoms with Crippen molar-refractivity contribution in [2.45, 2.75) is 13.5 Å². The number of carbonyl (C=O) groups is 1. The third-order valence-corrected chi connectivity index (χ3v) is 4.81. The smallest absolute Gasteiger partial charge is 0.348 e. The van der Waals surface area contributed by atoms with E-state index in [0.717, 1.165) is 22.0 Å². The van der Waals surface area contributed by atoms with Crippen molar-refractivity contribution in [3.63, 3.8) is 0 Å². The van der Waals surface area contributed by atoms with Crippen molar-refractivity contribution < 1.29 is 9.53 Å². The number of hydrogen-bond donors (Lipinski definition) is 0. The number of hydrogen-bond acceptors (Lipinski definition) is 3. The van der Waals surface area contributed by atoms with E-state index in [1.54, 1.807) is 19.1 Å². The molecule has 0 atom stereocenters. The number of ether oxygens (including phenoxy) is 1. The van der Waals surface area contributed by atoms with Crippen LogP contribution in [0.2, 0.25) is 10.0 Å². The van der Waals surface area contributed by atoms with E-state index in [0.29, 0.717) is 16.6 Å². The second kappa shape index (κ2) is 8.30. The van der Waals surface area contributed by atoms with Crippen LogP contribution in [0.5, 0.6) is 0 Å². The molecule has 4 nitrogen and oxygen atoms in total. The van der Waals surface area contributed by atoms with Crippen LogP contribution < -0.4 is 0 Å². The number of carbonyl (C=O) groups excluding carboxylic acids is 1. The van der Waals surface area contributed by atoms with Crippen molar-refractivity contribution in [2.24, 2.45) is 0 Å². The Hall–Kier alpha value is -2.74. The molecule has 0 bridgehead atoms. The average Bonchev–Trinajstić information content (AvgIpc) is 3.00. The summed E-state index contributed by atoms with van der Waals surface area (Å²) >= 11 is 12.1. The highest BCUT2D eigenvalue weighted by Crippen LogP contribution is 2.27. The Morgan fingerprint density at radius 3 is 2.70 bits per heavy atom. The van der Waals surface area contributed by atoms with E-state index in [4.69, 9.17) is 27.9 Å². The fourth-order valence-electron chi connectivity index (χ4n) is 2.86. The minimum absolute atomic E-state index is 0.0331. The normalized spacial score (nSPS) is 11.4. The molecule has 0 aliphatic carbocycles. The van der Waals surface area contributed by atoms with Gasteiger partial charge in [-0.1, -0.05) is 47.5 Å². The SMILES string of the molecule is CCOC(=O)C(C#N)=Cc1cn(Cc2ccc(Cl)c(Cl)c2)c2ccccc12. The number of para-hydroxylation sites is 1. The fourth-order valence-corrected chi connectivity index (χ4v) is 3.18. The molecule has 3 rings (SSSR count). The molecule has 2 aromatic carbocycles. The van der Waals surface area contributed by atoms with Crippen LogP contribution in [0.3, 0.4) is 0 Å². The molecule has 0 N–H and O–H groups in total. The Labute approximate surface area is 167 Å². The van der Waals surface area contributed by atoms with E-state index in [9.17, 15) is 10.1 Å². The number of nitrogens with zero attached hydrogens (tertiary/aromatic N) is 2. The number of aromatic nitrogens is 1. The lowest BCUT2D eigenvalue weighted by Crippen LogP contribution is -2.05. The van der Waals surface area contributed by atoms with Gasteiger partial charge in [0, 0.05) is 29.2 Å². The van der Waals surface area contributed by atoms with Crippen LogP contribution in [0.25, 0.3) is 17.0 Å². The summed E-state index contributed by atoms with van der Waals surface area (Å²) in [5.41, 5.74) is 2.71. The summed E-state index contributed by atoms with van der Waals surface area (Å²) in [5, 5.41) is 11.3. The maximum absolute atomic E-state index is 11.9. The Bertz CT molecular complexity index is 1080. The predicted octanol–water partition coefficient (Wildman–Crippen LogP) is 5.47. The van der Waals surface area contributed by atoms with Crippen LogP contribution in [-0.4, -0.2) is 17.1 Å². The lowest BCUT2D eigenvalue weighted by atomic mass is 10.1. The van der Waals surface area contributed by atoms with Crippen LogP contribution in [-0.2, 0) is 16.1 Å². The van der Waals surface area contributed by atoms with E-state index in [1.807, 2.05) is 53.2 Å². The van der Waals surface area contributed by atoms with Crippen molar-refractivity contribution >= 4 is 46.2 Å². The first-order valence-electron chi connectivity index (χ1n) is 8.34. The molecule has 6 heteroatoms. The van der Waals surface area contributed by atoms with Crippen molar-refractivity contribution in [3.8, 4) is 6.07 Å². The summed E-state index contributed by atoms with van der Waals surface area (Å²) in [6, 6.07) is 15.2. The average molecular weight is 399 g/mol. The van der Waals surface area contributed by atoms with Crippen molar-refractivity contribution in [1.29, 1.82) is 5.26 Å². The summed E-state index contributed by atoms with van der Waals surface area (Å²) in [4.78, 5) is 11.9. The maximum Gasteiger partial charge on any atom is 0.348 e. The Balaban J connectivity index is 2.04. The van der Waals surface area contributed by atoms with Crippen LogP contribution in [0.4, 0.5) is 0 Å². The molecule has 136 valence electrons. The molecule has 0 amide bonds. The fraction of sp³-hybridized carbons (Fsp3) is 0.143. The van der Waals surface area contributed by atoms with Crippen LogP contribution in [0.1, 0.15) is 18.1 Å². The lowest BCUT2D eigenvalue weighted by molar-refractivity contribution is -0.137. The number of halogens is 2. The molecule has 0 saturated carbocycles. The van der Waals surface area contributed by atoms with Crippen molar-refractivity contribution in [2.75, 3.05) is 6.61 Å².